The maximum atomic E-state index is 13.9. The van der Waals surface area contributed by atoms with Crippen LogP contribution in [-0.2, 0) is 4.79 Å². The van der Waals surface area contributed by atoms with Gasteiger partial charge in [0.1, 0.15) is 16.4 Å². The minimum absolute atomic E-state index is 0.0211. The van der Waals surface area contributed by atoms with Crippen LogP contribution in [0.3, 0.4) is 0 Å². The summed E-state index contributed by atoms with van der Waals surface area (Å²) in [5.74, 6) is -1.08. The van der Waals surface area contributed by atoms with E-state index in [1.807, 2.05) is 20.8 Å². The normalized spacial score (nSPS) is 12.1. The number of nitrogens with zero attached hydrogens (tertiary/aromatic N) is 2. The zero-order valence-corrected chi connectivity index (χ0v) is 21.6. The first-order valence-corrected chi connectivity index (χ1v) is 12.3. The number of ether oxygens (including phenoxy) is 1. The van der Waals surface area contributed by atoms with E-state index in [0.717, 1.165) is 24.4 Å². The highest BCUT2D eigenvalue weighted by molar-refractivity contribution is 7.09. The summed E-state index contributed by atoms with van der Waals surface area (Å²) in [6, 6.07) is 8.84. The molecule has 2 heterocycles. The van der Waals surface area contributed by atoms with Crippen molar-refractivity contribution in [3.63, 3.8) is 0 Å². The summed E-state index contributed by atoms with van der Waals surface area (Å²) in [5, 5.41) is 2.91. The molecular formula is C25H31N5O5S. The van der Waals surface area contributed by atoms with Crippen molar-refractivity contribution in [1.29, 1.82) is 0 Å². The van der Waals surface area contributed by atoms with E-state index in [1.54, 1.807) is 36.4 Å². The van der Waals surface area contributed by atoms with Crippen LogP contribution in [0.15, 0.2) is 47.1 Å². The van der Waals surface area contributed by atoms with Crippen molar-refractivity contribution >= 4 is 40.6 Å². The summed E-state index contributed by atoms with van der Waals surface area (Å²) >= 11 is 0.738. The molecule has 0 unspecified atom stereocenters. The van der Waals surface area contributed by atoms with Gasteiger partial charge < -0.3 is 25.9 Å². The number of nitrogens with two attached hydrogens (primary N) is 2. The molecule has 0 saturated carbocycles. The Bertz CT molecular complexity index is 1200. The Morgan fingerprint density at radius 2 is 1.89 bits per heavy atom. The molecule has 2 aromatic heterocycles. The van der Waals surface area contributed by atoms with Gasteiger partial charge in [-0.15, -0.1) is 0 Å². The molecule has 0 aliphatic rings. The van der Waals surface area contributed by atoms with Crippen LogP contribution < -0.4 is 26.4 Å². The van der Waals surface area contributed by atoms with Crippen molar-refractivity contribution in [2.24, 2.45) is 5.73 Å². The number of benzene rings is 1. The Kier molecular flexibility index (Phi) is 8.36. The fraction of sp³-hybridized carbons (Fsp3) is 0.360. The lowest BCUT2D eigenvalue weighted by Gasteiger charge is -2.32. The third-order valence-corrected chi connectivity index (χ3v) is 5.92. The van der Waals surface area contributed by atoms with Gasteiger partial charge in [0.05, 0.1) is 18.6 Å². The van der Waals surface area contributed by atoms with Gasteiger partial charge in [-0.2, -0.15) is 4.37 Å². The summed E-state index contributed by atoms with van der Waals surface area (Å²) in [7, 11) is 0. The molecule has 0 radical (unpaired) electrons. The molecule has 0 saturated heterocycles. The van der Waals surface area contributed by atoms with Crippen LogP contribution in [0.5, 0.6) is 5.75 Å². The molecular weight excluding hydrogens is 482 g/mol. The number of nitrogens with one attached hydrogen (secondary N) is 1. The highest BCUT2D eigenvalue weighted by atomic mass is 32.1. The van der Waals surface area contributed by atoms with E-state index in [-0.39, 0.29) is 22.0 Å². The molecule has 3 amide bonds. The Morgan fingerprint density at radius 1 is 1.19 bits per heavy atom. The van der Waals surface area contributed by atoms with Crippen LogP contribution in [0.4, 0.5) is 11.4 Å². The second-order valence-electron chi connectivity index (χ2n) is 9.17. The van der Waals surface area contributed by atoms with E-state index in [4.69, 9.17) is 20.6 Å². The van der Waals surface area contributed by atoms with Crippen molar-refractivity contribution in [1.82, 2.24) is 9.69 Å². The Balaban J connectivity index is 2.11. The second-order valence-corrected chi connectivity index (χ2v) is 9.94. The van der Waals surface area contributed by atoms with E-state index < -0.39 is 29.3 Å². The van der Waals surface area contributed by atoms with Gasteiger partial charge in [-0.3, -0.25) is 19.3 Å². The average molecular weight is 514 g/mol. The van der Waals surface area contributed by atoms with Gasteiger partial charge in [0, 0.05) is 11.2 Å². The fourth-order valence-electron chi connectivity index (χ4n) is 3.42. The largest absolute Gasteiger partial charge is 0.494 e. The number of carbonyl (C=O) groups is 3. The Morgan fingerprint density at radius 3 is 2.42 bits per heavy atom. The van der Waals surface area contributed by atoms with Crippen molar-refractivity contribution in [2.45, 2.75) is 52.1 Å². The number of furan rings is 1. The molecule has 0 aliphatic heterocycles. The number of rotatable bonds is 10. The zero-order chi connectivity index (χ0) is 26.5. The van der Waals surface area contributed by atoms with E-state index in [0.29, 0.717) is 18.0 Å². The first-order valence-electron chi connectivity index (χ1n) is 11.5. The predicted molar refractivity (Wildman–Crippen MR) is 138 cm³/mol. The number of amides is 3. The van der Waals surface area contributed by atoms with E-state index in [2.05, 4.69) is 16.6 Å². The van der Waals surface area contributed by atoms with Crippen molar-refractivity contribution in [2.75, 3.05) is 17.2 Å². The van der Waals surface area contributed by atoms with Crippen LogP contribution >= 0.6 is 11.5 Å². The molecule has 5 N–H and O–H groups in total. The predicted octanol–water partition coefficient (Wildman–Crippen LogP) is 3.90. The van der Waals surface area contributed by atoms with Crippen LogP contribution in [0, 0.1) is 0 Å². The van der Waals surface area contributed by atoms with E-state index in [1.165, 1.54) is 11.2 Å². The number of unbranched alkanes of at least 4 members (excludes halogenated alkanes) is 1. The summed E-state index contributed by atoms with van der Waals surface area (Å²) in [6.07, 6.45) is 3.33. The minimum Gasteiger partial charge on any atom is -0.494 e. The van der Waals surface area contributed by atoms with Crippen LogP contribution in [-0.4, -0.2) is 34.2 Å². The SMILES string of the molecule is CCCCOc1ccc(N(C(=O)c2snc(C(N)=O)c2N)[C@@H](C(=O)NC(C)(C)C)c2ccco2)cc1. The topological polar surface area (TPSA) is 154 Å². The van der Waals surface area contributed by atoms with Gasteiger partial charge in [-0.1, -0.05) is 13.3 Å². The summed E-state index contributed by atoms with van der Waals surface area (Å²) in [4.78, 5) is 40.4. The van der Waals surface area contributed by atoms with Gasteiger partial charge in [-0.05, 0) is 75.1 Å². The molecule has 36 heavy (non-hydrogen) atoms. The molecule has 0 bridgehead atoms. The lowest BCUT2D eigenvalue weighted by molar-refractivity contribution is -0.124. The number of anilines is 2. The molecule has 0 spiro atoms. The Hall–Kier alpha value is -3.86. The fourth-order valence-corrected chi connectivity index (χ4v) is 4.16. The zero-order valence-electron chi connectivity index (χ0n) is 20.7. The smallest absolute Gasteiger partial charge is 0.273 e. The number of hydrogen-bond donors (Lipinski definition) is 3. The quantitative estimate of drug-likeness (QED) is 0.347. The summed E-state index contributed by atoms with van der Waals surface area (Å²) in [6.45, 7) is 8.13. The third-order valence-electron chi connectivity index (χ3n) is 5.07. The van der Waals surface area contributed by atoms with E-state index in [9.17, 15) is 14.4 Å². The van der Waals surface area contributed by atoms with Crippen LogP contribution in [0.25, 0.3) is 0 Å². The maximum absolute atomic E-state index is 13.9. The molecule has 0 fully saturated rings. The molecule has 3 rings (SSSR count). The van der Waals surface area contributed by atoms with Gasteiger partial charge in [0.25, 0.3) is 17.7 Å². The van der Waals surface area contributed by atoms with Crippen molar-refractivity contribution in [3.8, 4) is 5.75 Å². The molecule has 1 atom stereocenters. The molecule has 11 heteroatoms. The average Bonchev–Trinajstić information content (AvgIpc) is 3.46. The molecule has 10 nitrogen and oxygen atoms in total. The standard InChI is InChI=1S/C25H31N5O5S/c1-5-6-13-34-16-11-9-15(10-12-16)30(24(33)21-18(26)19(22(27)31)29-36-21)20(17-8-7-14-35-17)23(32)28-25(2,3)4/h7-12,14,20H,5-6,13,26H2,1-4H3,(H2,27,31)(H,28,32)/t20-/m1/s1. The third kappa shape index (κ3) is 6.22. The summed E-state index contributed by atoms with van der Waals surface area (Å²) < 4.78 is 15.3. The number of primary amides is 1. The molecule has 0 aliphatic carbocycles. The molecule has 192 valence electrons. The number of nitrogen functional groups attached to an aromatic ring is 1. The van der Waals surface area contributed by atoms with Crippen molar-refractivity contribution in [3.05, 3.63) is 59.0 Å². The molecule has 3 aromatic rings. The summed E-state index contributed by atoms with van der Waals surface area (Å²) in [5.41, 5.74) is 10.9. The van der Waals surface area contributed by atoms with E-state index >= 15 is 0 Å². The number of aromatic nitrogens is 1. The first-order chi connectivity index (χ1) is 17.0. The van der Waals surface area contributed by atoms with Gasteiger partial charge in [-0.25, -0.2) is 0 Å². The molecule has 1 aromatic carbocycles. The second kappa shape index (κ2) is 11.3. The highest BCUT2D eigenvalue weighted by Gasteiger charge is 2.38. The number of hydrogen-bond acceptors (Lipinski definition) is 8. The monoisotopic (exact) mass is 513 g/mol. The van der Waals surface area contributed by atoms with Gasteiger partial charge in [0.15, 0.2) is 11.7 Å². The van der Waals surface area contributed by atoms with Crippen LogP contribution in [0.2, 0.25) is 0 Å². The van der Waals surface area contributed by atoms with Crippen LogP contribution in [0.1, 0.15) is 72.5 Å². The lowest BCUT2D eigenvalue weighted by atomic mass is 10.1. The first kappa shape index (κ1) is 26.7. The Labute approximate surface area is 213 Å². The minimum atomic E-state index is -1.18. The highest BCUT2D eigenvalue weighted by Crippen LogP contribution is 2.34. The number of carbonyl (C=O) groups excluding carboxylic acids is 3. The van der Waals surface area contributed by atoms with Crippen molar-refractivity contribution < 1.29 is 23.5 Å². The lowest BCUT2D eigenvalue weighted by Crippen LogP contribution is -2.49. The maximum Gasteiger partial charge on any atom is 0.273 e. The van der Waals surface area contributed by atoms with Gasteiger partial charge in [0.2, 0.25) is 0 Å². The van der Waals surface area contributed by atoms with Gasteiger partial charge >= 0.3 is 0 Å².